The zero-order valence-corrected chi connectivity index (χ0v) is 18.2. The van der Waals surface area contributed by atoms with Gasteiger partial charge in [-0.3, -0.25) is 4.79 Å². The van der Waals surface area contributed by atoms with Crippen molar-refractivity contribution in [3.05, 3.63) is 77.5 Å². The molecule has 1 heterocycles. The van der Waals surface area contributed by atoms with Crippen LogP contribution in [0.5, 0.6) is 0 Å². The molecule has 31 heavy (non-hydrogen) atoms. The summed E-state index contributed by atoms with van der Waals surface area (Å²) in [5, 5.41) is 12.3. The Labute approximate surface area is 185 Å². The predicted molar refractivity (Wildman–Crippen MR) is 124 cm³/mol. The highest BCUT2D eigenvalue weighted by atomic mass is 16.2. The van der Waals surface area contributed by atoms with Gasteiger partial charge in [0.2, 0.25) is 5.91 Å². The van der Waals surface area contributed by atoms with Gasteiger partial charge < -0.3 is 15.1 Å². The first kappa shape index (κ1) is 21.1. The van der Waals surface area contributed by atoms with Crippen LogP contribution in [0.2, 0.25) is 0 Å². The molecule has 1 atom stereocenters. The minimum atomic E-state index is 0.0548. The fourth-order valence-electron chi connectivity index (χ4n) is 4.63. The van der Waals surface area contributed by atoms with Crippen molar-refractivity contribution >= 4 is 12.0 Å². The molecule has 5 nitrogen and oxygen atoms in total. The van der Waals surface area contributed by atoms with E-state index in [0.717, 1.165) is 44.5 Å². The van der Waals surface area contributed by atoms with E-state index in [0.29, 0.717) is 18.2 Å². The Morgan fingerprint density at radius 1 is 1.23 bits per heavy atom. The van der Waals surface area contributed by atoms with Gasteiger partial charge in [0, 0.05) is 49.4 Å². The lowest BCUT2D eigenvalue weighted by molar-refractivity contribution is -0.126. The molecule has 160 valence electrons. The van der Waals surface area contributed by atoms with E-state index in [2.05, 4.69) is 35.0 Å². The van der Waals surface area contributed by atoms with Gasteiger partial charge in [-0.2, -0.15) is 5.26 Å². The molecule has 2 fully saturated rings. The Bertz CT molecular complexity index is 976. The average Bonchev–Trinajstić information content (AvgIpc) is 3.45. The molecule has 1 saturated carbocycles. The molecule has 1 aromatic rings. The average molecular weight is 415 g/mol. The molecule has 1 amide bonds. The van der Waals surface area contributed by atoms with Gasteiger partial charge in [0.25, 0.3) is 0 Å². The second kappa shape index (κ2) is 8.95. The van der Waals surface area contributed by atoms with Gasteiger partial charge in [-0.1, -0.05) is 30.9 Å². The van der Waals surface area contributed by atoms with Gasteiger partial charge in [-0.25, -0.2) is 0 Å². The number of nitrogens with one attached hydrogen (secondary N) is 1. The fraction of sp³-hybridized carbons (Fsp3) is 0.385. The molecular formula is C26H30N4O. The molecule has 1 aromatic carbocycles. The maximum absolute atomic E-state index is 13.0. The van der Waals surface area contributed by atoms with Crippen molar-refractivity contribution < 1.29 is 4.79 Å². The number of hydrogen-bond acceptors (Lipinski definition) is 4. The molecule has 1 spiro atoms. The van der Waals surface area contributed by atoms with Crippen molar-refractivity contribution in [2.75, 3.05) is 33.2 Å². The Morgan fingerprint density at radius 3 is 2.58 bits per heavy atom. The van der Waals surface area contributed by atoms with E-state index in [-0.39, 0.29) is 11.3 Å². The number of carbonyl (C=O) groups is 1. The molecule has 1 aliphatic heterocycles. The smallest absolute Gasteiger partial charge is 0.246 e. The Balaban J connectivity index is 1.49. The first-order valence-corrected chi connectivity index (χ1v) is 11.0. The molecule has 0 bridgehead atoms. The summed E-state index contributed by atoms with van der Waals surface area (Å²) < 4.78 is 0. The van der Waals surface area contributed by atoms with Crippen LogP contribution in [0.25, 0.3) is 6.08 Å². The highest BCUT2D eigenvalue weighted by Gasteiger charge is 2.47. The van der Waals surface area contributed by atoms with E-state index in [1.54, 1.807) is 18.2 Å². The van der Waals surface area contributed by atoms with Crippen LogP contribution in [0, 0.1) is 16.7 Å². The van der Waals surface area contributed by atoms with Crippen LogP contribution in [-0.4, -0.2) is 55.0 Å². The molecule has 0 radical (unpaired) electrons. The first-order chi connectivity index (χ1) is 15.1. The summed E-state index contributed by atoms with van der Waals surface area (Å²) in [6, 6.07) is 9.72. The SMILES string of the molecule is C=CC(=C1C=CCC1NC)N1CCN(C(=O)C=Cc2ccc(C#N)cc2)CC2(CC2)C1. The summed E-state index contributed by atoms with van der Waals surface area (Å²) in [6.45, 7) is 7.41. The van der Waals surface area contributed by atoms with Gasteiger partial charge in [-0.15, -0.1) is 0 Å². The Morgan fingerprint density at radius 2 is 1.94 bits per heavy atom. The van der Waals surface area contributed by atoms with E-state index in [9.17, 15) is 4.79 Å². The van der Waals surface area contributed by atoms with Gasteiger partial charge in [0.15, 0.2) is 0 Å². The highest BCUT2D eigenvalue weighted by molar-refractivity contribution is 5.91. The van der Waals surface area contributed by atoms with Crippen LogP contribution in [0.15, 0.2) is 66.4 Å². The summed E-state index contributed by atoms with van der Waals surface area (Å²) in [6.07, 6.45) is 13.2. The second-order valence-electron chi connectivity index (χ2n) is 8.77. The number of nitrogens with zero attached hydrogens (tertiary/aromatic N) is 3. The molecule has 1 N–H and O–H groups in total. The van der Waals surface area contributed by atoms with Crippen molar-refractivity contribution in [1.29, 1.82) is 5.26 Å². The van der Waals surface area contributed by atoms with Crippen molar-refractivity contribution in [1.82, 2.24) is 15.1 Å². The molecular weight excluding hydrogens is 384 g/mol. The van der Waals surface area contributed by atoms with Crippen molar-refractivity contribution in [2.24, 2.45) is 5.41 Å². The van der Waals surface area contributed by atoms with E-state index in [1.165, 1.54) is 11.3 Å². The van der Waals surface area contributed by atoms with Gasteiger partial charge in [-0.05, 0) is 61.7 Å². The minimum Gasteiger partial charge on any atom is -0.369 e. The first-order valence-electron chi connectivity index (χ1n) is 11.0. The topological polar surface area (TPSA) is 59.4 Å². The van der Waals surface area contributed by atoms with Crippen LogP contribution in [0.3, 0.4) is 0 Å². The van der Waals surface area contributed by atoms with Crippen LogP contribution in [0.4, 0.5) is 0 Å². The monoisotopic (exact) mass is 414 g/mol. The normalized spacial score (nSPS) is 23.7. The molecule has 1 unspecified atom stereocenters. The van der Waals surface area contributed by atoms with Gasteiger partial charge in [0.05, 0.1) is 11.6 Å². The third-order valence-corrected chi connectivity index (χ3v) is 6.64. The molecule has 4 rings (SSSR count). The third kappa shape index (κ3) is 4.65. The van der Waals surface area contributed by atoms with Crippen molar-refractivity contribution in [3.8, 4) is 6.07 Å². The minimum absolute atomic E-state index is 0.0548. The number of carbonyl (C=O) groups excluding carboxylic acids is 1. The standard InChI is InChI=1S/C26H30N4O/c1-3-24(22-5-4-6-23(22)28-2)29-15-16-30(19-26(18-29)13-14-26)25(31)12-11-20-7-9-21(17-27)10-8-20/h3-5,7-12,23,28H,1,6,13-16,18-19H2,2H3. The Hall–Kier alpha value is -3.10. The molecule has 2 aliphatic carbocycles. The van der Waals surface area contributed by atoms with Gasteiger partial charge in [0.1, 0.15) is 0 Å². The van der Waals surface area contributed by atoms with Crippen molar-refractivity contribution in [2.45, 2.75) is 25.3 Å². The lowest BCUT2D eigenvalue weighted by Gasteiger charge is -2.29. The van der Waals surface area contributed by atoms with Crippen LogP contribution in [-0.2, 0) is 4.79 Å². The maximum atomic E-state index is 13.0. The number of nitriles is 1. The largest absolute Gasteiger partial charge is 0.369 e. The van der Waals surface area contributed by atoms with E-state index >= 15 is 0 Å². The zero-order valence-electron chi connectivity index (χ0n) is 18.2. The summed E-state index contributed by atoms with van der Waals surface area (Å²) in [5.74, 6) is 0.0548. The lowest BCUT2D eigenvalue weighted by Crippen LogP contribution is -2.35. The number of hydrogen-bond donors (Lipinski definition) is 1. The van der Waals surface area contributed by atoms with E-state index < -0.39 is 0 Å². The zero-order chi connectivity index (χ0) is 21.8. The van der Waals surface area contributed by atoms with E-state index in [4.69, 9.17) is 5.26 Å². The number of likely N-dealkylation sites (N-methyl/N-ethyl adjacent to an activating group) is 1. The summed E-state index contributed by atoms with van der Waals surface area (Å²) in [5.41, 5.74) is 4.24. The highest BCUT2D eigenvalue weighted by Crippen LogP contribution is 2.48. The molecule has 5 heteroatoms. The van der Waals surface area contributed by atoms with Gasteiger partial charge >= 0.3 is 0 Å². The molecule has 3 aliphatic rings. The number of benzene rings is 1. The van der Waals surface area contributed by atoms with Crippen LogP contribution in [0.1, 0.15) is 30.4 Å². The molecule has 0 aromatic heterocycles. The summed E-state index contributed by atoms with van der Waals surface area (Å²) in [4.78, 5) is 17.4. The maximum Gasteiger partial charge on any atom is 0.246 e. The Kier molecular flexibility index (Phi) is 6.11. The van der Waals surface area contributed by atoms with Crippen LogP contribution >= 0.6 is 0 Å². The fourth-order valence-corrected chi connectivity index (χ4v) is 4.63. The lowest BCUT2D eigenvalue weighted by atomic mass is 10.0. The third-order valence-electron chi connectivity index (χ3n) is 6.64. The summed E-state index contributed by atoms with van der Waals surface area (Å²) >= 11 is 0. The summed E-state index contributed by atoms with van der Waals surface area (Å²) in [7, 11) is 2.00. The van der Waals surface area contributed by atoms with Crippen molar-refractivity contribution in [3.63, 3.8) is 0 Å². The molecule has 1 saturated heterocycles. The number of rotatable bonds is 5. The predicted octanol–water partition coefficient (Wildman–Crippen LogP) is 3.48. The van der Waals surface area contributed by atoms with Crippen LogP contribution < -0.4 is 5.32 Å². The number of amides is 1. The van der Waals surface area contributed by atoms with E-state index in [1.807, 2.05) is 36.2 Å². The quantitative estimate of drug-likeness (QED) is 0.750. The number of allylic oxidation sites excluding steroid dienone is 1. The second-order valence-corrected chi connectivity index (χ2v) is 8.77.